The van der Waals surface area contributed by atoms with Gasteiger partial charge in [-0.2, -0.15) is 13.5 Å². The molecule has 0 aliphatic carbocycles. The minimum Gasteiger partial charge on any atom is -0.289 e. The quantitative estimate of drug-likeness (QED) is 0.433. The third-order valence-electron chi connectivity index (χ3n) is 7.00. The molecule has 37 heavy (non-hydrogen) atoms. The lowest BCUT2D eigenvalue weighted by atomic mass is 9.86. The Morgan fingerprint density at radius 1 is 0.757 bits per heavy atom. The largest absolute Gasteiger partial charge is 0.338 e. The molecule has 2 amide bonds. The molecule has 0 bridgehead atoms. The van der Waals surface area contributed by atoms with Gasteiger partial charge in [-0.05, 0) is 45.9 Å². The molecule has 198 valence electrons. The summed E-state index contributed by atoms with van der Waals surface area (Å²) in [5.41, 5.74) is 4.96. The normalized spacial score (nSPS) is 15.7. The van der Waals surface area contributed by atoms with E-state index in [4.69, 9.17) is 0 Å². The van der Waals surface area contributed by atoms with E-state index in [0.717, 1.165) is 15.4 Å². The van der Waals surface area contributed by atoms with E-state index in [0.29, 0.717) is 25.1 Å². The first-order chi connectivity index (χ1) is 17.2. The number of hydrogen-bond acceptors (Lipinski definition) is 4. The molecule has 0 atom stereocenters. The molecule has 0 spiro atoms. The summed E-state index contributed by atoms with van der Waals surface area (Å²) in [7, 11) is -2.42. The van der Waals surface area contributed by atoms with Gasteiger partial charge >= 0.3 is 6.03 Å². The van der Waals surface area contributed by atoms with Crippen molar-refractivity contribution in [3.8, 4) is 0 Å². The van der Waals surface area contributed by atoms with Crippen LogP contribution >= 0.6 is 0 Å². The molecule has 0 saturated carbocycles. The molecule has 0 fully saturated rings. The number of fused-ring (bicyclic) bond motifs is 1. The maximum absolute atomic E-state index is 13.6. The third kappa shape index (κ3) is 5.44. The minimum absolute atomic E-state index is 0.0359. The van der Waals surface area contributed by atoms with Crippen LogP contribution in [0.25, 0.3) is 0 Å². The summed E-state index contributed by atoms with van der Waals surface area (Å²) in [6, 6.07) is 16.0. The van der Waals surface area contributed by atoms with Crippen molar-refractivity contribution < 1.29 is 13.2 Å². The molecule has 2 heterocycles. The molecule has 3 aromatic rings. The highest BCUT2D eigenvalue weighted by atomic mass is 32.2. The van der Waals surface area contributed by atoms with Crippen LogP contribution in [0, 0.1) is 0 Å². The highest BCUT2D eigenvalue weighted by molar-refractivity contribution is 7.89. The van der Waals surface area contributed by atoms with Crippen LogP contribution in [-0.2, 0) is 40.7 Å². The molecular formula is C29H38N4O3S. The second-order valence-electron chi connectivity index (χ2n) is 11.9. The number of aryl methyl sites for hydroxylation is 1. The van der Waals surface area contributed by atoms with Gasteiger partial charge in [0.05, 0.1) is 6.20 Å². The molecule has 1 aliphatic rings. The highest BCUT2D eigenvalue weighted by Crippen LogP contribution is 2.34. The summed E-state index contributed by atoms with van der Waals surface area (Å²) in [5, 5.41) is 4.23. The monoisotopic (exact) mass is 522 g/mol. The lowest BCUT2D eigenvalue weighted by molar-refractivity contribution is 0.227. The van der Waals surface area contributed by atoms with Gasteiger partial charge in [-0.25, -0.2) is 9.10 Å². The van der Waals surface area contributed by atoms with E-state index < -0.39 is 16.1 Å². The minimum atomic E-state index is -4.02. The molecule has 8 heteroatoms. The first-order valence-corrected chi connectivity index (χ1v) is 14.2. The molecular weight excluding hydrogens is 484 g/mol. The van der Waals surface area contributed by atoms with Gasteiger partial charge in [0.1, 0.15) is 5.69 Å². The maximum atomic E-state index is 13.6. The Kier molecular flexibility index (Phi) is 7.01. The van der Waals surface area contributed by atoms with Crippen molar-refractivity contribution in [1.82, 2.24) is 14.1 Å². The Labute approximate surface area is 221 Å². The third-order valence-corrected chi connectivity index (χ3v) is 8.88. The predicted octanol–water partition coefficient (Wildman–Crippen LogP) is 5.43. The lowest BCUT2D eigenvalue weighted by Gasteiger charge is -2.34. The summed E-state index contributed by atoms with van der Waals surface area (Å²) in [6.07, 6.45) is 2.51. The van der Waals surface area contributed by atoms with E-state index in [1.165, 1.54) is 22.0 Å². The van der Waals surface area contributed by atoms with Crippen LogP contribution in [-0.4, -0.2) is 41.6 Å². The van der Waals surface area contributed by atoms with Crippen LogP contribution in [0.4, 0.5) is 10.5 Å². The second-order valence-corrected chi connectivity index (χ2v) is 13.6. The molecule has 1 aromatic heterocycles. The first kappa shape index (κ1) is 26.9. The molecule has 7 nitrogen and oxygen atoms in total. The summed E-state index contributed by atoms with van der Waals surface area (Å²) < 4.78 is 29.3. The zero-order valence-electron chi connectivity index (χ0n) is 22.9. The average molecular weight is 523 g/mol. The number of aromatic nitrogens is 2. The molecule has 0 unspecified atom stereocenters. The SMILES string of the molecule is Cn1ncc2c1S(=O)(=O)N(CCc1ccc(C(C)(C)C)cc1)C(=O)N2CCc1ccc(C(C)(C)C)cc1. The fourth-order valence-electron chi connectivity index (χ4n) is 4.59. The van der Waals surface area contributed by atoms with Crippen molar-refractivity contribution in [3.63, 3.8) is 0 Å². The Morgan fingerprint density at radius 3 is 1.68 bits per heavy atom. The van der Waals surface area contributed by atoms with Crippen molar-refractivity contribution in [2.24, 2.45) is 7.05 Å². The summed E-state index contributed by atoms with van der Waals surface area (Å²) in [6.45, 7) is 13.4. The smallest absolute Gasteiger partial charge is 0.289 e. The highest BCUT2D eigenvalue weighted by Gasteiger charge is 2.43. The Bertz CT molecular complexity index is 1380. The summed E-state index contributed by atoms with van der Waals surface area (Å²) in [4.78, 5) is 15.1. The van der Waals surface area contributed by atoms with Crippen LogP contribution in [0.15, 0.2) is 59.8 Å². The van der Waals surface area contributed by atoms with Gasteiger partial charge in [-0.3, -0.25) is 9.58 Å². The van der Waals surface area contributed by atoms with E-state index in [-0.39, 0.29) is 22.4 Å². The van der Waals surface area contributed by atoms with Crippen LogP contribution < -0.4 is 4.90 Å². The van der Waals surface area contributed by atoms with Crippen molar-refractivity contribution in [3.05, 3.63) is 77.0 Å². The number of nitrogens with zero attached hydrogens (tertiary/aromatic N) is 4. The zero-order valence-corrected chi connectivity index (χ0v) is 23.8. The van der Waals surface area contributed by atoms with Crippen molar-refractivity contribution in [2.45, 2.75) is 70.2 Å². The van der Waals surface area contributed by atoms with Crippen molar-refractivity contribution in [2.75, 3.05) is 18.0 Å². The lowest BCUT2D eigenvalue weighted by Crippen LogP contribution is -2.52. The molecule has 0 radical (unpaired) electrons. The van der Waals surface area contributed by atoms with Crippen molar-refractivity contribution >= 4 is 21.7 Å². The standard InChI is InChI=1S/C29H38N4O3S/c1-28(2,3)23-12-8-21(9-13-23)16-18-32-25-20-30-31(7)26(25)37(35,36)33(27(32)34)19-17-22-10-14-24(15-11-22)29(4,5)6/h8-15,20H,16-19H2,1-7H3. The Balaban J connectivity index is 1.55. The number of sulfonamides is 1. The van der Waals surface area contributed by atoms with Crippen LogP contribution in [0.2, 0.25) is 0 Å². The van der Waals surface area contributed by atoms with Gasteiger partial charge in [-0.1, -0.05) is 90.1 Å². The van der Waals surface area contributed by atoms with Crippen LogP contribution in [0.3, 0.4) is 0 Å². The van der Waals surface area contributed by atoms with Crippen LogP contribution in [0.5, 0.6) is 0 Å². The summed E-state index contributed by atoms with van der Waals surface area (Å²) >= 11 is 0. The van der Waals surface area contributed by atoms with Gasteiger partial charge in [0.2, 0.25) is 0 Å². The number of hydrogen-bond donors (Lipinski definition) is 0. The molecule has 1 aliphatic heterocycles. The maximum Gasteiger partial charge on any atom is 0.338 e. The first-order valence-electron chi connectivity index (χ1n) is 12.7. The van der Waals surface area contributed by atoms with Gasteiger partial charge in [0.25, 0.3) is 10.0 Å². The number of urea groups is 1. The van der Waals surface area contributed by atoms with Gasteiger partial charge < -0.3 is 0 Å². The number of anilines is 1. The molecule has 2 aromatic carbocycles. The fraction of sp³-hybridized carbons (Fsp3) is 0.448. The number of carbonyl (C=O) groups excluding carboxylic acids is 1. The summed E-state index contributed by atoms with van der Waals surface area (Å²) in [5.74, 6) is 0. The topological polar surface area (TPSA) is 75.5 Å². The number of amides is 2. The zero-order chi connectivity index (χ0) is 27.2. The van der Waals surface area contributed by atoms with Gasteiger partial charge in [0.15, 0.2) is 5.03 Å². The van der Waals surface area contributed by atoms with Gasteiger partial charge in [0, 0.05) is 20.1 Å². The van der Waals surface area contributed by atoms with Crippen molar-refractivity contribution in [1.29, 1.82) is 0 Å². The van der Waals surface area contributed by atoms with E-state index >= 15 is 0 Å². The Morgan fingerprint density at radius 2 is 1.22 bits per heavy atom. The molecule has 4 rings (SSSR count). The van der Waals surface area contributed by atoms with E-state index in [1.807, 2.05) is 12.1 Å². The predicted molar refractivity (Wildman–Crippen MR) is 148 cm³/mol. The number of carbonyl (C=O) groups is 1. The average Bonchev–Trinajstić information content (AvgIpc) is 3.20. The molecule has 0 saturated heterocycles. The number of benzene rings is 2. The Hall–Kier alpha value is -3.13. The number of rotatable bonds is 6. The van der Waals surface area contributed by atoms with E-state index in [9.17, 15) is 13.2 Å². The fourth-order valence-corrected chi connectivity index (χ4v) is 6.24. The second kappa shape index (κ2) is 9.63. The van der Waals surface area contributed by atoms with E-state index in [1.54, 1.807) is 11.9 Å². The van der Waals surface area contributed by atoms with Gasteiger partial charge in [-0.15, -0.1) is 0 Å². The van der Waals surface area contributed by atoms with E-state index in [2.05, 4.69) is 83.0 Å². The molecule has 0 N–H and O–H groups in total. The van der Waals surface area contributed by atoms with Crippen LogP contribution in [0.1, 0.15) is 63.8 Å².